The van der Waals surface area contributed by atoms with E-state index >= 15 is 0 Å². The van der Waals surface area contributed by atoms with Gasteiger partial charge in [-0.2, -0.15) is 0 Å². The molecule has 3 heterocycles. The summed E-state index contributed by atoms with van der Waals surface area (Å²) in [7, 11) is 0. The Labute approximate surface area is 114 Å². The molecule has 92 valence electrons. The fourth-order valence-corrected chi connectivity index (χ4v) is 4.30. The zero-order valence-electron chi connectivity index (χ0n) is 10.0. The summed E-state index contributed by atoms with van der Waals surface area (Å²) in [6, 6.07) is 8.53. The molecule has 2 atom stereocenters. The van der Waals surface area contributed by atoms with Crippen LogP contribution in [0.25, 0.3) is 9.40 Å². The molecule has 2 nitrogen and oxygen atoms in total. The second kappa shape index (κ2) is 4.80. The van der Waals surface area contributed by atoms with Gasteiger partial charge in [0.1, 0.15) is 0 Å². The second-order valence-electron chi connectivity index (χ2n) is 4.39. The van der Waals surface area contributed by atoms with Gasteiger partial charge in [-0.15, -0.1) is 22.7 Å². The number of hydrogen-bond acceptors (Lipinski definition) is 4. The van der Waals surface area contributed by atoms with E-state index in [0.29, 0.717) is 5.92 Å². The van der Waals surface area contributed by atoms with Crippen LogP contribution in [0.3, 0.4) is 0 Å². The first-order valence-corrected chi connectivity index (χ1v) is 7.58. The molecule has 0 aliphatic carbocycles. The lowest BCUT2D eigenvalue weighted by atomic mass is 9.94. The molecule has 2 N–H and O–H groups in total. The lowest BCUT2D eigenvalue weighted by Gasteiger charge is -2.18. The van der Waals surface area contributed by atoms with Crippen LogP contribution >= 0.6 is 22.7 Å². The molecule has 3 aromatic heterocycles. The Bertz CT molecular complexity index is 613. The van der Waals surface area contributed by atoms with Crippen LogP contribution in [0.2, 0.25) is 0 Å². The highest BCUT2D eigenvalue weighted by molar-refractivity contribution is 7.26. The lowest BCUT2D eigenvalue weighted by molar-refractivity contribution is 0.607. The quantitative estimate of drug-likeness (QED) is 0.779. The zero-order chi connectivity index (χ0) is 12.5. The van der Waals surface area contributed by atoms with Crippen molar-refractivity contribution in [2.24, 2.45) is 5.73 Å². The molecule has 0 fully saturated rings. The maximum Gasteiger partial charge on any atom is 0.0457 e. The standard InChI is InChI=1S/C14H14N2S2/c1-9(10-2-5-16-6-3-10)14(15)13-8-12-11(18-13)4-7-17-12/h2-9,14H,15H2,1H3. The fourth-order valence-electron chi connectivity index (χ4n) is 2.07. The number of pyridine rings is 1. The SMILES string of the molecule is CC(c1ccncc1)C(N)c1cc2sccc2s1. The summed E-state index contributed by atoms with van der Waals surface area (Å²) in [6.07, 6.45) is 3.65. The van der Waals surface area contributed by atoms with E-state index in [1.54, 1.807) is 22.7 Å². The minimum atomic E-state index is 0.0528. The van der Waals surface area contributed by atoms with Crippen molar-refractivity contribution in [3.05, 3.63) is 52.5 Å². The highest BCUT2D eigenvalue weighted by atomic mass is 32.1. The number of hydrogen-bond donors (Lipinski definition) is 1. The largest absolute Gasteiger partial charge is 0.323 e. The topological polar surface area (TPSA) is 38.9 Å². The van der Waals surface area contributed by atoms with Crippen LogP contribution in [0.5, 0.6) is 0 Å². The third kappa shape index (κ3) is 2.07. The van der Waals surface area contributed by atoms with Crippen molar-refractivity contribution in [1.29, 1.82) is 0 Å². The summed E-state index contributed by atoms with van der Waals surface area (Å²) < 4.78 is 2.68. The summed E-state index contributed by atoms with van der Waals surface area (Å²) in [5.41, 5.74) is 7.63. The molecule has 0 spiro atoms. The lowest BCUT2D eigenvalue weighted by Crippen LogP contribution is -2.16. The van der Waals surface area contributed by atoms with E-state index in [2.05, 4.69) is 29.4 Å². The van der Waals surface area contributed by atoms with Gasteiger partial charge < -0.3 is 5.73 Å². The Morgan fingerprint density at radius 2 is 1.94 bits per heavy atom. The summed E-state index contributed by atoms with van der Waals surface area (Å²) in [4.78, 5) is 5.31. The van der Waals surface area contributed by atoms with Crippen LogP contribution in [0.15, 0.2) is 42.0 Å². The molecule has 0 saturated carbocycles. The van der Waals surface area contributed by atoms with Gasteiger partial charge in [-0.25, -0.2) is 0 Å². The molecule has 0 aliphatic heterocycles. The monoisotopic (exact) mass is 274 g/mol. The van der Waals surface area contributed by atoms with Crippen LogP contribution in [-0.2, 0) is 0 Å². The van der Waals surface area contributed by atoms with Gasteiger partial charge in [0, 0.05) is 38.6 Å². The molecule has 18 heavy (non-hydrogen) atoms. The van der Waals surface area contributed by atoms with Gasteiger partial charge in [-0.1, -0.05) is 6.92 Å². The molecule has 0 saturated heterocycles. The normalized spacial score (nSPS) is 14.8. The van der Waals surface area contributed by atoms with Crippen molar-refractivity contribution in [2.45, 2.75) is 18.9 Å². The molecule has 3 rings (SSSR count). The minimum absolute atomic E-state index is 0.0528. The molecular weight excluding hydrogens is 260 g/mol. The van der Waals surface area contributed by atoms with Gasteiger partial charge in [-0.05, 0) is 35.2 Å². The van der Waals surface area contributed by atoms with Gasteiger partial charge in [0.25, 0.3) is 0 Å². The van der Waals surface area contributed by atoms with E-state index in [-0.39, 0.29) is 6.04 Å². The number of fused-ring (bicyclic) bond motifs is 1. The van der Waals surface area contributed by atoms with Crippen LogP contribution < -0.4 is 5.73 Å². The van der Waals surface area contributed by atoms with E-state index in [1.807, 2.05) is 24.5 Å². The molecule has 2 unspecified atom stereocenters. The van der Waals surface area contributed by atoms with Crippen molar-refractivity contribution in [3.63, 3.8) is 0 Å². The van der Waals surface area contributed by atoms with Gasteiger partial charge in [-0.3, -0.25) is 4.98 Å². The minimum Gasteiger partial charge on any atom is -0.323 e. The summed E-state index contributed by atoms with van der Waals surface area (Å²) in [6.45, 7) is 2.17. The van der Waals surface area contributed by atoms with Gasteiger partial charge in [0.2, 0.25) is 0 Å². The van der Waals surface area contributed by atoms with E-state index in [4.69, 9.17) is 5.73 Å². The maximum atomic E-state index is 6.39. The fraction of sp³-hybridized carbons (Fsp3) is 0.214. The van der Waals surface area contributed by atoms with E-state index < -0.39 is 0 Å². The highest BCUT2D eigenvalue weighted by Gasteiger charge is 2.19. The smallest absolute Gasteiger partial charge is 0.0457 e. The predicted octanol–water partition coefficient (Wildman–Crippen LogP) is 4.16. The predicted molar refractivity (Wildman–Crippen MR) is 79.3 cm³/mol. The van der Waals surface area contributed by atoms with Crippen LogP contribution in [0.1, 0.15) is 29.3 Å². The number of nitrogens with two attached hydrogens (primary N) is 1. The van der Waals surface area contributed by atoms with E-state index in [0.717, 1.165) is 0 Å². The molecule has 0 amide bonds. The Kier molecular flexibility index (Phi) is 3.16. The third-order valence-electron chi connectivity index (χ3n) is 3.26. The molecule has 4 heteroatoms. The Balaban J connectivity index is 1.90. The van der Waals surface area contributed by atoms with Crippen LogP contribution in [0, 0.1) is 0 Å². The van der Waals surface area contributed by atoms with Crippen LogP contribution in [0.4, 0.5) is 0 Å². The van der Waals surface area contributed by atoms with Crippen molar-refractivity contribution in [1.82, 2.24) is 4.98 Å². The summed E-state index contributed by atoms with van der Waals surface area (Å²) in [5, 5.41) is 2.13. The first-order valence-electron chi connectivity index (χ1n) is 5.88. The Hall–Kier alpha value is -1.23. The second-order valence-corrected chi connectivity index (χ2v) is 6.46. The molecule has 0 bridgehead atoms. The van der Waals surface area contributed by atoms with Crippen molar-refractivity contribution in [3.8, 4) is 0 Å². The van der Waals surface area contributed by atoms with Gasteiger partial charge in [0.05, 0.1) is 0 Å². The highest BCUT2D eigenvalue weighted by Crippen LogP contribution is 2.37. The van der Waals surface area contributed by atoms with Gasteiger partial charge in [0.15, 0.2) is 0 Å². The van der Waals surface area contributed by atoms with E-state index in [1.165, 1.54) is 19.8 Å². The zero-order valence-corrected chi connectivity index (χ0v) is 11.7. The first kappa shape index (κ1) is 11.8. The van der Waals surface area contributed by atoms with Crippen LogP contribution in [-0.4, -0.2) is 4.98 Å². The molecule has 0 aromatic carbocycles. The molecule has 0 radical (unpaired) electrons. The summed E-state index contributed by atoms with van der Waals surface area (Å²) in [5.74, 6) is 0.306. The number of thiophene rings is 2. The number of aromatic nitrogens is 1. The average Bonchev–Trinajstić information content (AvgIpc) is 2.99. The molecule has 3 aromatic rings. The average molecular weight is 274 g/mol. The first-order chi connectivity index (χ1) is 8.75. The Morgan fingerprint density at radius 1 is 1.17 bits per heavy atom. The molecule has 0 aliphatic rings. The number of rotatable bonds is 3. The van der Waals surface area contributed by atoms with E-state index in [9.17, 15) is 0 Å². The van der Waals surface area contributed by atoms with Crippen molar-refractivity contribution in [2.75, 3.05) is 0 Å². The Morgan fingerprint density at radius 3 is 2.67 bits per heavy atom. The third-order valence-corrected chi connectivity index (χ3v) is 5.45. The maximum absolute atomic E-state index is 6.39. The number of nitrogens with zero attached hydrogens (tertiary/aromatic N) is 1. The van der Waals surface area contributed by atoms with Gasteiger partial charge >= 0.3 is 0 Å². The van der Waals surface area contributed by atoms with Crippen molar-refractivity contribution < 1.29 is 0 Å². The van der Waals surface area contributed by atoms with Crippen molar-refractivity contribution >= 4 is 32.1 Å². The summed E-state index contributed by atoms with van der Waals surface area (Å²) >= 11 is 3.58. The molecular formula is C14H14N2S2.